The van der Waals surface area contributed by atoms with Crippen LogP contribution in [0, 0.1) is 0 Å². The van der Waals surface area contributed by atoms with Crippen molar-refractivity contribution in [2.75, 3.05) is 13.7 Å². The molecule has 1 aromatic carbocycles. The van der Waals surface area contributed by atoms with Gasteiger partial charge >= 0.3 is 18.4 Å². The van der Waals surface area contributed by atoms with E-state index in [-0.39, 0.29) is 23.1 Å². The first-order valence-electron chi connectivity index (χ1n) is 7.94. The van der Waals surface area contributed by atoms with Gasteiger partial charge in [-0.25, -0.2) is 0 Å². The predicted octanol–water partition coefficient (Wildman–Crippen LogP) is -0.302. The lowest BCUT2D eigenvalue weighted by atomic mass is 10.2. The zero-order chi connectivity index (χ0) is 21.3. The maximum Gasteiger partial charge on any atom is 0.387 e. The fraction of sp³-hybridized carbons (Fsp3) is 0.375. The topological polar surface area (TPSA) is 135 Å². The minimum Gasteiger partial charge on any atom is -0.493 e. The van der Waals surface area contributed by atoms with Crippen molar-refractivity contribution in [3.05, 3.63) is 23.8 Å². The van der Waals surface area contributed by atoms with E-state index in [0.29, 0.717) is 0 Å². The number of rotatable bonds is 7. The van der Waals surface area contributed by atoms with Crippen LogP contribution in [-0.2, 0) is 14.4 Å². The predicted molar refractivity (Wildman–Crippen MR) is 91.5 cm³/mol. The first-order chi connectivity index (χ1) is 13.1. The zero-order valence-electron chi connectivity index (χ0n) is 15.3. The lowest BCUT2D eigenvalue weighted by molar-refractivity contribution is -0.141. The Morgan fingerprint density at radius 2 is 1.71 bits per heavy atom. The van der Waals surface area contributed by atoms with E-state index in [1.165, 1.54) is 13.2 Å². The molecule has 0 heterocycles. The number of carbonyl (C=O) groups excluding carboxylic acids is 4. The van der Waals surface area contributed by atoms with Crippen LogP contribution >= 0.6 is 0 Å². The van der Waals surface area contributed by atoms with E-state index in [9.17, 15) is 28.0 Å². The Bertz CT molecular complexity index is 742. The third-order valence-corrected chi connectivity index (χ3v) is 2.99. The molecule has 4 amide bonds. The Morgan fingerprint density at radius 1 is 1.04 bits per heavy atom. The zero-order valence-corrected chi connectivity index (χ0v) is 15.3. The second kappa shape index (κ2) is 10.6. The summed E-state index contributed by atoms with van der Waals surface area (Å²) in [5.74, 6) is -3.87. The molecule has 0 aliphatic rings. The molecular weight excluding hydrogens is 382 g/mol. The molecule has 0 saturated heterocycles. The van der Waals surface area contributed by atoms with Crippen LogP contribution in [0.2, 0.25) is 0 Å². The van der Waals surface area contributed by atoms with E-state index in [1.54, 1.807) is 13.8 Å². The number of hydrazine groups is 1. The average Bonchev–Trinajstić information content (AvgIpc) is 2.63. The van der Waals surface area contributed by atoms with Gasteiger partial charge in [0, 0.05) is 11.6 Å². The molecular formula is C16H20F2N4O6. The molecule has 0 aliphatic heterocycles. The van der Waals surface area contributed by atoms with Crippen LogP contribution in [0.1, 0.15) is 24.2 Å². The van der Waals surface area contributed by atoms with Gasteiger partial charge in [-0.3, -0.25) is 30.0 Å². The van der Waals surface area contributed by atoms with Gasteiger partial charge in [-0.2, -0.15) is 8.78 Å². The third kappa shape index (κ3) is 7.43. The summed E-state index contributed by atoms with van der Waals surface area (Å²) in [7, 11) is 1.21. The molecule has 0 aromatic heterocycles. The number of halogens is 2. The van der Waals surface area contributed by atoms with E-state index in [2.05, 4.69) is 15.4 Å². The van der Waals surface area contributed by atoms with Crippen molar-refractivity contribution in [2.45, 2.75) is 26.5 Å². The van der Waals surface area contributed by atoms with Gasteiger partial charge < -0.3 is 20.1 Å². The SMILES string of the molecule is COc1cc(C(=O)NCC(=O)NNC(=O)C(=O)NC(C)C)ccc1OC(F)F. The van der Waals surface area contributed by atoms with Crippen molar-refractivity contribution >= 4 is 23.6 Å². The minimum absolute atomic E-state index is 0.0200. The van der Waals surface area contributed by atoms with E-state index >= 15 is 0 Å². The lowest BCUT2D eigenvalue weighted by Gasteiger charge is -2.12. The summed E-state index contributed by atoms with van der Waals surface area (Å²) in [6, 6.07) is 3.21. The van der Waals surface area contributed by atoms with Crippen LogP contribution in [0.15, 0.2) is 18.2 Å². The molecule has 0 aliphatic carbocycles. The molecule has 4 N–H and O–H groups in total. The highest BCUT2D eigenvalue weighted by atomic mass is 19.3. The smallest absolute Gasteiger partial charge is 0.387 e. The number of carbonyl (C=O) groups is 4. The van der Waals surface area contributed by atoms with Crippen molar-refractivity contribution in [3.63, 3.8) is 0 Å². The summed E-state index contributed by atoms with van der Waals surface area (Å²) in [5.41, 5.74) is 3.86. The van der Waals surface area contributed by atoms with Crippen LogP contribution in [0.4, 0.5) is 8.78 Å². The first-order valence-corrected chi connectivity index (χ1v) is 7.94. The minimum atomic E-state index is -3.06. The normalized spacial score (nSPS) is 10.2. The molecule has 10 nitrogen and oxygen atoms in total. The Labute approximate surface area is 158 Å². The quantitative estimate of drug-likeness (QED) is 0.365. The number of ether oxygens (including phenoxy) is 2. The summed E-state index contributed by atoms with van der Waals surface area (Å²) >= 11 is 0. The molecule has 1 rings (SSSR count). The Hall–Kier alpha value is -3.44. The highest BCUT2D eigenvalue weighted by Crippen LogP contribution is 2.29. The van der Waals surface area contributed by atoms with Crippen molar-refractivity contribution in [1.82, 2.24) is 21.5 Å². The van der Waals surface area contributed by atoms with Crippen LogP contribution in [0.25, 0.3) is 0 Å². The van der Waals surface area contributed by atoms with Gasteiger partial charge in [0.1, 0.15) is 0 Å². The summed E-state index contributed by atoms with van der Waals surface area (Å²) in [5, 5.41) is 4.57. The average molecular weight is 402 g/mol. The molecule has 12 heteroatoms. The second-order valence-corrected chi connectivity index (χ2v) is 5.56. The fourth-order valence-electron chi connectivity index (χ4n) is 1.82. The maximum atomic E-state index is 12.3. The van der Waals surface area contributed by atoms with Crippen LogP contribution in [-0.4, -0.2) is 49.9 Å². The van der Waals surface area contributed by atoms with E-state index in [1.807, 2.05) is 10.9 Å². The summed E-state index contributed by atoms with van der Waals surface area (Å²) in [4.78, 5) is 46.4. The first kappa shape index (κ1) is 22.6. The highest BCUT2D eigenvalue weighted by Gasteiger charge is 2.17. The fourth-order valence-corrected chi connectivity index (χ4v) is 1.82. The van der Waals surface area contributed by atoms with E-state index < -0.39 is 36.8 Å². The Balaban J connectivity index is 2.54. The summed E-state index contributed by atoms with van der Waals surface area (Å²) in [6.45, 7) is -0.279. The number of alkyl halides is 2. The van der Waals surface area contributed by atoms with Crippen LogP contribution < -0.4 is 31.0 Å². The molecule has 0 atom stereocenters. The maximum absolute atomic E-state index is 12.3. The van der Waals surface area contributed by atoms with Crippen molar-refractivity contribution in [3.8, 4) is 11.5 Å². The van der Waals surface area contributed by atoms with E-state index in [4.69, 9.17) is 4.74 Å². The number of amides is 4. The molecule has 28 heavy (non-hydrogen) atoms. The van der Waals surface area contributed by atoms with Gasteiger partial charge in [0.2, 0.25) is 0 Å². The van der Waals surface area contributed by atoms with Crippen molar-refractivity contribution < 1.29 is 37.4 Å². The van der Waals surface area contributed by atoms with Gasteiger partial charge in [0.05, 0.1) is 13.7 Å². The molecule has 1 aromatic rings. The molecule has 0 spiro atoms. The molecule has 0 fully saturated rings. The van der Waals surface area contributed by atoms with E-state index in [0.717, 1.165) is 12.1 Å². The van der Waals surface area contributed by atoms with Gasteiger partial charge in [-0.1, -0.05) is 0 Å². The second-order valence-electron chi connectivity index (χ2n) is 5.56. The van der Waals surface area contributed by atoms with Gasteiger partial charge in [0.15, 0.2) is 11.5 Å². The third-order valence-electron chi connectivity index (χ3n) is 2.99. The number of hydrogen-bond donors (Lipinski definition) is 4. The van der Waals surface area contributed by atoms with Crippen LogP contribution in [0.3, 0.4) is 0 Å². The summed E-state index contributed by atoms with van der Waals surface area (Å²) < 4.78 is 33.7. The van der Waals surface area contributed by atoms with Gasteiger partial charge in [0.25, 0.3) is 11.8 Å². The monoisotopic (exact) mass is 402 g/mol. The molecule has 0 radical (unpaired) electrons. The Kier molecular flexibility index (Phi) is 8.59. The molecule has 0 unspecified atom stereocenters. The van der Waals surface area contributed by atoms with Gasteiger partial charge in [-0.15, -0.1) is 0 Å². The number of methoxy groups -OCH3 is 1. The van der Waals surface area contributed by atoms with Crippen molar-refractivity contribution in [2.24, 2.45) is 0 Å². The number of nitrogens with one attached hydrogen (secondary N) is 4. The summed E-state index contributed by atoms with van der Waals surface area (Å²) in [6.07, 6.45) is 0. The molecule has 0 saturated carbocycles. The highest BCUT2D eigenvalue weighted by molar-refractivity contribution is 6.35. The Morgan fingerprint density at radius 3 is 2.29 bits per heavy atom. The molecule has 154 valence electrons. The number of hydrogen-bond acceptors (Lipinski definition) is 6. The number of benzene rings is 1. The molecule has 0 bridgehead atoms. The van der Waals surface area contributed by atoms with Gasteiger partial charge in [-0.05, 0) is 32.0 Å². The largest absolute Gasteiger partial charge is 0.493 e. The van der Waals surface area contributed by atoms with Crippen LogP contribution in [0.5, 0.6) is 11.5 Å². The lowest BCUT2D eigenvalue weighted by Crippen LogP contribution is -2.51. The van der Waals surface area contributed by atoms with Crippen molar-refractivity contribution in [1.29, 1.82) is 0 Å². The standard InChI is InChI=1S/C16H20F2N4O6/c1-8(2)20-14(25)15(26)22-21-12(23)7-19-13(24)9-4-5-10(28-16(17)18)11(6-9)27-3/h4-6,8,16H,7H2,1-3H3,(H,19,24)(H,20,25)(H,21,23)(H,22,26).